The average molecular weight is 372 g/mol. The second-order valence-corrected chi connectivity index (χ2v) is 7.05. The van der Waals surface area contributed by atoms with Crippen molar-refractivity contribution in [3.8, 4) is 11.5 Å². The monoisotopic (exact) mass is 372 g/mol. The fourth-order valence-electron chi connectivity index (χ4n) is 3.76. The molecule has 0 heterocycles. The molecule has 0 bridgehead atoms. The first-order valence-corrected chi connectivity index (χ1v) is 9.06. The third-order valence-corrected chi connectivity index (χ3v) is 5.51. The van der Waals surface area contributed by atoms with Gasteiger partial charge in [-0.2, -0.15) is 0 Å². The Morgan fingerprint density at radius 1 is 0.963 bits per heavy atom. The lowest BCUT2D eigenvalue weighted by atomic mass is 9.70. The number of benzene rings is 1. The summed E-state index contributed by atoms with van der Waals surface area (Å²) in [6.45, 7) is 5.33. The summed E-state index contributed by atoms with van der Waals surface area (Å²) >= 11 is 0. The number of ketones is 1. The minimum Gasteiger partial charge on any atom is -0.512 e. The van der Waals surface area contributed by atoms with E-state index < -0.39 is 23.7 Å². The zero-order valence-electron chi connectivity index (χ0n) is 15.5. The van der Waals surface area contributed by atoms with Crippen LogP contribution in [0.3, 0.4) is 0 Å². The predicted octanol–water partition coefficient (Wildman–Crippen LogP) is 3.30. The van der Waals surface area contributed by atoms with Gasteiger partial charge in [0, 0.05) is 17.5 Å². The zero-order chi connectivity index (χ0) is 20.0. The first-order valence-electron chi connectivity index (χ1n) is 9.06. The molecule has 2 aliphatic rings. The van der Waals surface area contributed by atoms with E-state index >= 15 is 0 Å². The van der Waals surface area contributed by atoms with E-state index in [1.807, 2.05) is 13.8 Å². The SMILES string of the molecule is CCC1=C(O)[C@H](C)C(O)C(C2=C(O)C(c3cc(CC)c(O)cc3O)C2=O)=C1. The van der Waals surface area contributed by atoms with E-state index in [4.69, 9.17) is 0 Å². The number of Topliss-reactive ketones (excluding diaryl/α,β-unsaturated/α-hetero) is 1. The van der Waals surface area contributed by atoms with Crippen LogP contribution in [0.25, 0.3) is 0 Å². The number of hydrogen-bond donors (Lipinski definition) is 5. The van der Waals surface area contributed by atoms with Gasteiger partial charge in [0.25, 0.3) is 0 Å². The molecule has 2 unspecified atom stereocenters. The van der Waals surface area contributed by atoms with Gasteiger partial charge in [0.05, 0.1) is 11.7 Å². The van der Waals surface area contributed by atoms with Crippen molar-refractivity contribution in [1.82, 2.24) is 0 Å². The Labute approximate surface area is 157 Å². The molecule has 0 saturated heterocycles. The quantitative estimate of drug-likeness (QED) is 0.553. The summed E-state index contributed by atoms with van der Waals surface area (Å²) in [5, 5.41) is 51.2. The van der Waals surface area contributed by atoms with Crippen molar-refractivity contribution in [2.75, 3.05) is 0 Å². The van der Waals surface area contributed by atoms with Gasteiger partial charge in [-0.05, 0) is 41.7 Å². The first-order chi connectivity index (χ1) is 12.7. The van der Waals surface area contributed by atoms with Gasteiger partial charge in [-0.3, -0.25) is 4.79 Å². The number of aryl methyl sites for hydroxylation is 1. The highest BCUT2D eigenvalue weighted by Gasteiger charge is 2.46. The lowest BCUT2D eigenvalue weighted by Crippen LogP contribution is -2.37. The number of aromatic hydroxyl groups is 2. The molecular formula is C21H24O6. The molecule has 144 valence electrons. The van der Waals surface area contributed by atoms with Gasteiger partial charge in [0.1, 0.15) is 28.9 Å². The maximum atomic E-state index is 12.8. The Kier molecular flexibility index (Phi) is 4.78. The summed E-state index contributed by atoms with van der Waals surface area (Å²) < 4.78 is 0. The van der Waals surface area contributed by atoms with E-state index in [9.17, 15) is 30.3 Å². The molecular weight excluding hydrogens is 348 g/mol. The Morgan fingerprint density at radius 2 is 1.63 bits per heavy atom. The van der Waals surface area contributed by atoms with E-state index in [0.717, 1.165) is 0 Å². The summed E-state index contributed by atoms with van der Waals surface area (Å²) in [6.07, 6.45) is 1.47. The number of carbonyl (C=O) groups is 1. The van der Waals surface area contributed by atoms with E-state index in [1.165, 1.54) is 12.1 Å². The third-order valence-electron chi connectivity index (χ3n) is 5.51. The van der Waals surface area contributed by atoms with E-state index in [-0.39, 0.29) is 39.7 Å². The molecule has 6 heteroatoms. The van der Waals surface area contributed by atoms with E-state index in [1.54, 1.807) is 13.0 Å². The van der Waals surface area contributed by atoms with Gasteiger partial charge >= 0.3 is 0 Å². The minimum absolute atomic E-state index is 0.0309. The van der Waals surface area contributed by atoms with Gasteiger partial charge in [-0.1, -0.05) is 20.8 Å². The van der Waals surface area contributed by atoms with Crippen molar-refractivity contribution >= 4 is 5.78 Å². The number of carbonyl (C=O) groups excluding carboxylic acids is 1. The standard InChI is InChI=1S/C21H24O6/c1-4-10-6-12(15(23)8-14(10)22)16-20(26)17(21(16)27)13-7-11(5-2)18(24)9(3)19(13)25/h6-9,16,19,22-26H,4-5H2,1-3H3/t9-,16?,19?/m0/s1. The minimum atomic E-state index is -1.11. The van der Waals surface area contributed by atoms with E-state index in [0.29, 0.717) is 24.0 Å². The van der Waals surface area contributed by atoms with Gasteiger partial charge in [0.2, 0.25) is 0 Å². The molecule has 0 spiro atoms. The van der Waals surface area contributed by atoms with Crippen molar-refractivity contribution in [2.24, 2.45) is 5.92 Å². The zero-order valence-corrected chi connectivity index (χ0v) is 15.5. The van der Waals surface area contributed by atoms with Crippen LogP contribution in [0.4, 0.5) is 0 Å². The van der Waals surface area contributed by atoms with Gasteiger partial charge in [0.15, 0.2) is 5.78 Å². The Morgan fingerprint density at radius 3 is 2.19 bits per heavy atom. The summed E-state index contributed by atoms with van der Waals surface area (Å²) in [7, 11) is 0. The normalized spacial score (nSPS) is 25.6. The van der Waals surface area contributed by atoms with Crippen LogP contribution in [-0.2, 0) is 11.2 Å². The molecule has 2 aliphatic carbocycles. The first kappa shape index (κ1) is 19.0. The van der Waals surface area contributed by atoms with Crippen LogP contribution >= 0.6 is 0 Å². The Hall–Kier alpha value is -2.73. The molecule has 6 nitrogen and oxygen atoms in total. The van der Waals surface area contributed by atoms with Crippen LogP contribution in [0.2, 0.25) is 0 Å². The number of phenols is 2. The fourth-order valence-corrected chi connectivity index (χ4v) is 3.76. The van der Waals surface area contributed by atoms with Crippen LogP contribution in [0.15, 0.2) is 46.4 Å². The fraction of sp³-hybridized carbons (Fsp3) is 0.381. The number of aliphatic hydroxyl groups is 3. The smallest absolute Gasteiger partial charge is 0.181 e. The van der Waals surface area contributed by atoms with Crippen LogP contribution in [0.5, 0.6) is 11.5 Å². The van der Waals surface area contributed by atoms with Crippen molar-refractivity contribution in [2.45, 2.75) is 45.6 Å². The van der Waals surface area contributed by atoms with E-state index in [2.05, 4.69) is 0 Å². The van der Waals surface area contributed by atoms with Gasteiger partial charge in [-0.25, -0.2) is 0 Å². The number of allylic oxidation sites excluding steroid dienone is 3. The summed E-state index contributed by atoms with van der Waals surface area (Å²) in [5.41, 5.74) is 1.71. The summed E-state index contributed by atoms with van der Waals surface area (Å²) in [5.74, 6) is -2.50. The predicted molar refractivity (Wildman–Crippen MR) is 99.8 cm³/mol. The Balaban J connectivity index is 2.06. The molecule has 0 aromatic heterocycles. The second-order valence-electron chi connectivity index (χ2n) is 7.05. The van der Waals surface area contributed by atoms with Crippen molar-refractivity contribution in [1.29, 1.82) is 0 Å². The third kappa shape index (κ3) is 2.80. The highest BCUT2D eigenvalue weighted by atomic mass is 16.3. The summed E-state index contributed by atoms with van der Waals surface area (Å²) in [4.78, 5) is 12.8. The maximum absolute atomic E-state index is 12.8. The number of aliphatic hydroxyl groups excluding tert-OH is 3. The molecule has 3 atom stereocenters. The van der Waals surface area contributed by atoms with Crippen molar-refractivity contribution < 1.29 is 30.3 Å². The van der Waals surface area contributed by atoms with Crippen LogP contribution in [-0.4, -0.2) is 37.4 Å². The number of rotatable bonds is 4. The molecule has 0 amide bonds. The highest BCUT2D eigenvalue weighted by molar-refractivity contribution is 6.13. The molecule has 0 fully saturated rings. The Bertz CT molecular complexity index is 905. The molecule has 1 aromatic rings. The molecule has 5 N–H and O–H groups in total. The average Bonchev–Trinajstić information content (AvgIpc) is 2.64. The molecule has 27 heavy (non-hydrogen) atoms. The topological polar surface area (TPSA) is 118 Å². The van der Waals surface area contributed by atoms with Crippen LogP contribution in [0, 0.1) is 5.92 Å². The molecule has 1 aromatic carbocycles. The van der Waals surface area contributed by atoms with Gasteiger partial charge < -0.3 is 25.5 Å². The van der Waals surface area contributed by atoms with Crippen LogP contribution in [0.1, 0.15) is 44.2 Å². The van der Waals surface area contributed by atoms with Crippen LogP contribution < -0.4 is 0 Å². The second kappa shape index (κ2) is 6.78. The number of hydrogen-bond acceptors (Lipinski definition) is 6. The highest BCUT2D eigenvalue weighted by Crippen LogP contribution is 2.47. The lowest BCUT2D eigenvalue weighted by Gasteiger charge is -2.35. The summed E-state index contributed by atoms with van der Waals surface area (Å²) in [6, 6.07) is 2.68. The molecule has 0 radical (unpaired) electrons. The van der Waals surface area contributed by atoms with Gasteiger partial charge in [-0.15, -0.1) is 0 Å². The molecule has 3 rings (SSSR count). The largest absolute Gasteiger partial charge is 0.512 e. The number of phenolic OH excluding ortho intramolecular Hbond substituents is 2. The van der Waals surface area contributed by atoms with Crippen molar-refractivity contribution in [3.05, 3.63) is 57.6 Å². The molecule has 0 saturated carbocycles. The van der Waals surface area contributed by atoms with Crippen molar-refractivity contribution in [3.63, 3.8) is 0 Å². The maximum Gasteiger partial charge on any atom is 0.181 e. The lowest BCUT2D eigenvalue weighted by molar-refractivity contribution is -0.119. The molecule has 0 aliphatic heterocycles.